The Bertz CT molecular complexity index is 497. The molecule has 0 aromatic heterocycles. The summed E-state index contributed by atoms with van der Waals surface area (Å²) in [6.45, 7) is 10.5. The number of rotatable bonds is 6. The fourth-order valence-electron chi connectivity index (χ4n) is 2.95. The molecule has 5 nitrogen and oxygen atoms in total. The van der Waals surface area contributed by atoms with Crippen molar-refractivity contribution in [3.63, 3.8) is 0 Å². The zero-order chi connectivity index (χ0) is 15.9. The Morgan fingerprint density at radius 2 is 1.73 bits per heavy atom. The number of piperazine rings is 1. The van der Waals surface area contributed by atoms with Gasteiger partial charge in [-0.15, -0.1) is 0 Å². The van der Waals surface area contributed by atoms with E-state index in [-0.39, 0.29) is 12.5 Å². The van der Waals surface area contributed by atoms with E-state index < -0.39 is 0 Å². The van der Waals surface area contributed by atoms with Gasteiger partial charge >= 0.3 is 0 Å². The number of anilines is 1. The summed E-state index contributed by atoms with van der Waals surface area (Å²) >= 11 is 0. The summed E-state index contributed by atoms with van der Waals surface area (Å²) in [4.78, 5) is 15.0. The zero-order valence-electron chi connectivity index (χ0n) is 13.7. The van der Waals surface area contributed by atoms with Crippen molar-refractivity contribution in [1.82, 2.24) is 0 Å². The van der Waals surface area contributed by atoms with Gasteiger partial charge in [-0.3, -0.25) is 4.79 Å². The van der Waals surface area contributed by atoms with E-state index in [0.717, 1.165) is 45.0 Å². The van der Waals surface area contributed by atoms with Crippen molar-refractivity contribution in [1.29, 1.82) is 0 Å². The Balaban J connectivity index is 1.71. The van der Waals surface area contributed by atoms with E-state index >= 15 is 0 Å². The van der Waals surface area contributed by atoms with Crippen LogP contribution < -0.4 is 15.1 Å². The van der Waals surface area contributed by atoms with Crippen LogP contribution in [0.2, 0.25) is 0 Å². The molecule has 0 spiro atoms. The van der Waals surface area contributed by atoms with Gasteiger partial charge in [0.05, 0.1) is 19.6 Å². The molecule has 1 aliphatic heterocycles. The van der Waals surface area contributed by atoms with Gasteiger partial charge in [0, 0.05) is 5.69 Å². The van der Waals surface area contributed by atoms with Crippen LogP contribution in [0.15, 0.2) is 18.2 Å². The van der Waals surface area contributed by atoms with Crippen molar-refractivity contribution >= 4 is 11.6 Å². The van der Waals surface area contributed by atoms with Gasteiger partial charge in [0.2, 0.25) is 5.91 Å². The highest BCUT2D eigenvalue weighted by Crippen LogP contribution is 2.14. The van der Waals surface area contributed by atoms with E-state index in [0.29, 0.717) is 6.42 Å². The molecule has 0 bridgehead atoms. The van der Waals surface area contributed by atoms with Gasteiger partial charge in [-0.05, 0) is 37.1 Å². The van der Waals surface area contributed by atoms with Crippen LogP contribution in [0.1, 0.15) is 17.5 Å². The molecule has 1 saturated heterocycles. The lowest BCUT2D eigenvalue weighted by molar-refractivity contribution is -1.01. The molecular formula is C17H29N3O2+2. The van der Waals surface area contributed by atoms with Crippen LogP contribution in [0.4, 0.5) is 5.69 Å². The fourth-order valence-corrected chi connectivity index (χ4v) is 2.95. The zero-order valence-corrected chi connectivity index (χ0v) is 13.7. The number of carbonyl (C=O) groups is 1. The molecule has 1 heterocycles. The number of amides is 1. The molecule has 4 N–H and O–H groups in total. The quantitative estimate of drug-likeness (QED) is 0.512. The standard InChI is InChI=1S/C17H27N3O2/c1-14-3-4-16(13-15(14)2)18-17(22)5-6-19-7-9-20(10-8-19)11-12-21/h3-4,13,21H,5-12H2,1-2H3,(H,18,22)/p+2. The molecule has 1 aromatic carbocycles. The second kappa shape index (κ2) is 8.27. The van der Waals surface area contributed by atoms with Gasteiger partial charge in [-0.2, -0.15) is 0 Å². The second-order valence-electron chi connectivity index (χ2n) is 6.32. The largest absolute Gasteiger partial charge is 0.391 e. The molecule has 122 valence electrons. The Morgan fingerprint density at radius 3 is 2.32 bits per heavy atom. The van der Waals surface area contributed by atoms with E-state index in [1.165, 1.54) is 20.9 Å². The van der Waals surface area contributed by atoms with E-state index in [4.69, 9.17) is 5.11 Å². The van der Waals surface area contributed by atoms with Crippen molar-refractivity contribution in [2.75, 3.05) is 51.2 Å². The van der Waals surface area contributed by atoms with E-state index in [2.05, 4.69) is 19.2 Å². The molecule has 1 fully saturated rings. The van der Waals surface area contributed by atoms with Crippen molar-refractivity contribution in [2.45, 2.75) is 20.3 Å². The van der Waals surface area contributed by atoms with Crippen LogP contribution >= 0.6 is 0 Å². The summed E-state index contributed by atoms with van der Waals surface area (Å²) in [6.07, 6.45) is 0.567. The van der Waals surface area contributed by atoms with Crippen molar-refractivity contribution in [3.8, 4) is 0 Å². The molecule has 1 amide bonds. The number of hydrogen-bond acceptors (Lipinski definition) is 2. The molecule has 0 radical (unpaired) electrons. The first kappa shape index (κ1) is 16.9. The summed E-state index contributed by atoms with van der Waals surface area (Å²) in [5.74, 6) is 0.0980. The first-order valence-electron chi connectivity index (χ1n) is 8.23. The topological polar surface area (TPSA) is 58.2 Å². The molecule has 0 saturated carbocycles. The third-order valence-corrected chi connectivity index (χ3v) is 4.63. The number of carbonyl (C=O) groups excluding carboxylic acids is 1. The summed E-state index contributed by atoms with van der Waals surface area (Å²) < 4.78 is 0. The molecule has 0 atom stereocenters. The third kappa shape index (κ3) is 5.09. The lowest BCUT2D eigenvalue weighted by Gasteiger charge is -2.29. The number of hydrogen-bond donors (Lipinski definition) is 4. The second-order valence-corrected chi connectivity index (χ2v) is 6.32. The van der Waals surface area contributed by atoms with Gasteiger partial charge in [-0.1, -0.05) is 6.07 Å². The molecule has 1 aliphatic rings. The molecule has 0 unspecified atom stereocenters. The fraction of sp³-hybridized carbons (Fsp3) is 0.588. The highest BCUT2D eigenvalue weighted by atomic mass is 16.3. The molecule has 2 rings (SSSR count). The maximum absolute atomic E-state index is 12.1. The van der Waals surface area contributed by atoms with Crippen LogP contribution in [0.5, 0.6) is 0 Å². The third-order valence-electron chi connectivity index (χ3n) is 4.63. The van der Waals surface area contributed by atoms with E-state index in [1.54, 1.807) is 0 Å². The maximum atomic E-state index is 12.1. The van der Waals surface area contributed by atoms with Crippen LogP contribution in [0.3, 0.4) is 0 Å². The lowest BCUT2D eigenvalue weighted by atomic mass is 10.1. The molecular weight excluding hydrogens is 278 g/mol. The molecule has 0 aliphatic carbocycles. The average molecular weight is 307 g/mol. The van der Waals surface area contributed by atoms with Gasteiger partial charge in [-0.25, -0.2) is 0 Å². The Hall–Kier alpha value is -1.43. The monoisotopic (exact) mass is 307 g/mol. The van der Waals surface area contributed by atoms with Crippen LogP contribution in [0.25, 0.3) is 0 Å². The SMILES string of the molecule is Cc1ccc(NC(=O)CC[NH+]2CC[NH+](CCO)CC2)cc1C. The van der Waals surface area contributed by atoms with Crippen LogP contribution in [-0.2, 0) is 4.79 Å². The summed E-state index contributed by atoms with van der Waals surface area (Å²) in [6, 6.07) is 6.03. The molecule has 5 heteroatoms. The number of benzene rings is 1. The number of aryl methyl sites for hydroxylation is 2. The van der Waals surface area contributed by atoms with Gasteiger partial charge in [0.1, 0.15) is 32.7 Å². The molecule has 22 heavy (non-hydrogen) atoms. The predicted octanol–water partition coefficient (Wildman–Crippen LogP) is -1.59. The summed E-state index contributed by atoms with van der Waals surface area (Å²) in [5.41, 5.74) is 3.33. The number of quaternary nitrogens is 2. The normalized spacial score (nSPS) is 21.6. The van der Waals surface area contributed by atoms with E-state index in [9.17, 15) is 4.79 Å². The average Bonchev–Trinajstić information content (AvgIpc) is 2.51. The minimum atomic E-state index is 0.0980. The first-order valence-corrected chi connectivity index (χ1v) is 8.23. The van der Waals surface area contributed by atoms with Gasteiger partial charge < -0.3 is 20.2 Å². The Morgan fingerprint density at radius 1 is 1.09 bits per heavy atom. The highest BCUT2D eigenvalue weighted by Gasteiger charge is 2.22. The minimum absolute atomic E-state index is 0.0980. The number of aliphatic hydroxyl groups excluding tert-OH is 1. The highest BCUT2D eigenvalue weighted by molar-refractivity contribution is 5.90. The van der Waals surface area contributed by atoms with Crippen molar-refractivity contribution in [3.05, 3.63) is 29.3 Å². The van der Waals surface area contributed by atoms with Gasteiger partial charge in [0.25, 0.3) is 0 Å². The first-order chi connectivity index (χ1) is 10.6. The lowest BCUT2D eigenvalue weighted by Crippen LogP contribution is -3.28. The smallest absolute Gasteiger partial charge is 0.230 e. The number of nitrogens with one attached hydrogen (secondary N) is 3. The minimum Gasteiger partial charge on any atom is -0.391 e. The number of aliphatic hydroxyl groups is 1. The molecule has 1 aromatic rings. The maximum Gasteiger partial charge on any atom is 0.230 e. The summed E-state index contributed by atoms with van der Waals surface area (Å²) in [5, 5.41) is 11.9. The van der Waals surface area contributed by atoms with Crippen molar-refractivity contribution in [2.24, 2.45) is 0 Å². The van der Waals surface area contributed by atoms with Gasteiger partial charge in [0.15, 0.2) is 0 Å². The summed E-state index contributed by atoms with van der Waals surface area (Å²) in [7, 11) is 0. The Labute approximate surface area is 132 Å². The van der Waals surface area contributed by atoms with E-state index in [1.807, 2.05) is 18.2 Å². The van der Waals surface area contributed by atoms with Crippen molar-refractivity contribution < 1.29 is 19.7 Å². The predicted molar refractivity (Wildman–Crippen MR) is 87.4 cm³/mol. The van der Waals surface area contributed by atoms with Crippen LogP contribution in [0, 0.1) is 13.8 Å². The Kier molecular flexibility index (Phi) is 6.36. The van der Waals surface area contributed by atoms with Crippen LogP contribution in [-0.4, -0.2) is 56.9 Å².